The molecule has 118 valence electrons. The molecule has 3 nitrogen and oxygen atoms in total. The minimum absolute atomic E-state index is 0.461. The third-order valence-corrected chi connectivity index (χ3v) is 5.35. The van der Waals surface area contributed by atoms with Crippen LogP contribution in [0.2, 0.25) is 0 Å². The minimum Gasteiger partial charge on any atom is -0.374 e. The standard InChI is InChI=1S/C17H34N2O/c1-6-13(4)17-9-18-16(12(2)3)11-19(17)10-15-8-7-14(5)20-15/h12-18H,6-11H2,1-5H3. The van der Waals surface area contributed by atoms with Crippen molar-refractivity contribution in [2.45, 2.75) is 78.2 Å². The minimum atomic E-state index is 0.461. The first-order valence-electron chi connectivity index (χ1n) is 8.64. The molecule has 0 radical (unpaired) electrons. The summed E-state index contributed by atoms with van der Waals surface area (Å²) in [6.45, 7) is 15.0. The SMILES string of the molecule is CCC(C)C1CNC(C(C)C)CN1CC1CCC(C)O1. The first-order valence-corrected chi connectivity index (χ1v) is 8.64. The van der Waals surface area contributed by atoms with Crippen LogP contribution in [-0.2, 0) is 4.74 Å². The molecule has 5 atom stereocenters. The normalized spacial score (nSPS) is 37.5. The van der Waals surface area contributed by atoms with E-state index in [1.165, 1.54) is 25.8 Å². The zero-order chi connectivity index (χ0) is 14.7. The Morgan fingerprint density at radius 1 is 1.25 bits per heavy atom. The lowest BCUT2D eigenvalue weighted by atomic mass is 9.91. The van der Waals surface area contributed by atoms with Crippen LogP contribution in [0.25, 0.3) is 0 Å². The summed E-state index contributed by atoms with van der Waals surface area (Å²) in [4.78, 5) is 2.72. The van der Waals surface area contributed by atoms with Gasteiger partial charge in [0.25, 0.3) is 0 Å². The number of nitrogens with zero attached hydrogens (tertiary/aromatic N) is 1. The zero-order valence-electron chi connectivity index (χ0n) is 14.1. The number of ether oxygens (including phenoxy) is 1. The van der Waals surface area contributed by atoms with E-state index in [9.17, 15) is 0 Å². The second-order valence-electron chi connectivity index (χ2n) is 7.31. The average molecular weight is 282 g/mol. The Kier molecular flexibility index (Phi) is 5.88. The molecule has 0 aromatic heterocycles. The van der Waals surface area contributed by atoms with Gasteiger partial charge in [-0.25, -0.2) is 0 Å². The number of rotatable bonds is 5. The van der Waals surface area contributed by atoms with Crippen LogP contribution >= 0.6 is 0 Å². The summed E-state index contributed by atoms with van der Waals surface area (Å²) in [6.07, 6.45) is 4.66. The molecule has 2 saturated heterocycles. The quantitative estimate of drug-likeness (QED) is 0.839. The van der Waals surface area contributed by atoms with E-state index in [1.54, 1.807) is 0 Å². The van der Waals surface area contributed by atoms with Crippen molar-refractivity contribution in [1.82, 2.24) is 10.2 Å². The first kappa shape index (κ1) is 16.3. The fraction of sp³-hybridized carbons (Fsp3) is 1.00. The van der Waals surface area contributed by atoms with Gasteiger partial charge in [0.05, 0.1) is 12.2 Å². The molecule has 2 heterocycles. The van der Waals surface area contributed by atoms with Crippen molar-refractivity contribution in [2.24, 2.45) is 11.8 Å². The molecule has 0 aromatic carbocycles. The van der Waals surface area contributed by atoms with Crippen LogP contribution in [0.4, 0.5) is 0 Å². The van der Waals surface area contributed by atoms with Gasteiger partial charge in [-0.15, -0.1) is 0 Å². The van der Waals surface area contributed by atoms with Crippen molar-refractivity contribution in [2.75, 3.05) is 19.6 Å². The van der Waals surface area contributed by atoms with Crippen molar-refractivity contribution in [3.05, 3.63) is 0 Å². The summed E-state index contributed by atoms with van der Waals surface area (Å²) in [5.74, 6) is 1.47. The molecule has 20 heavy (non-hydrogen) atoms. The summed E-state index contributed by atoms with van der Waals surface area (Å²) < 4.78 is 6.06. The molecule has 0 amide bonds. The molecule has 5 unspecified atom stereocenters. The highest BCUT2D eigenvalue weighted by Gasteiger charge is 2.34. The van der Waals surface area contributed by atoms with Gasteiger partial charge >= 0.3 is 0 Å². The maximum absolute atomic E-state index is 6.06. The molecule has 0 bridgehead atoms. The van der Waals surface area contributed by atoms with Crippen LogP contribution in [0, 0.1) is 11.8 Å². The molecule has 2 rings (SSSR count). The Morgan fingerprint density at radius 3 is 2.55 bits per heavy atom. The van der Waals surface area contributed by atoms with E-state index in [1.807, 2.05) is 0 Å². The highest BCUT2D eigenvalue weighted by molar-refractivity contribution is 4.91. The number of hydrogen-bond acceptors (Lipinski definition) is 3. The molecular weight excluding hydrogens is 248 g/mol. The molecule has 0 aliphatic carbocycles. The Bertz CT molecular complexity index is 295. The Hall–Kier alpha value is -0.120. The van der Waals surface area contributed by atoms with Crippen LogP contribution in [0.5, 0.6) is 0 Å². The van der Waals surface area contributed by atoms with E-state index in [0.29, 0.717) is 30.2 Å². The van der Waals surface area contributed by atoms with Gasteiger partial charge in [0.1, 0.15) is 0 Å². The molecule has 1 N–H and O–H groups in total. The summed E-state index contributed by atoms with van der Waals surface area (Å²) >= 11 is 0. The molecule has 0 spiro atoms. The number of hydrogen-bond donors (Lipinski definition) is 1. The van der Waals surface area contributed by atoms with Crippen molar-refractivity contribution in [3.63, 3.8) is 0 Å². The van der Waals surface area contributed by atoms with E-state index in [4.69, 9.17) is 4.74 Å². The van der Waals surface area contributed by atoms with Crippen LogP contribution in [0.15, 0.2) is 0 Å². The highest BCUT2D eigenvalue weighted by Crippen LogP contribution is 2.25. The molecule has 3 heteroatoms. The zero-order valence-corrected chi connectivity index (χ0v) is 14.1. The molecule has 2 aliphatic heterocycles. The van der Waals surface area contributed by atoms with Gasteiger partial charge in [0.15, 0.2) is 0 Å². The predicted octanol–water partition coefficient (Wildman–Crippen LogP) is 2.90. The van der Waals surface area contributed by atoms with Crippen LogP contribution < -0.4 is 5.32 Å². The summed E-state index contributed by atoms with van der Waals surface area (Å²) in [6, 6.07) is 1.31. The third kappa shape index (κ3) is 3.96. The molecule has 2 fully saturated rings. The van der Waals surface area contributed by atoms with Gasteiger partial charge in [0, 0.05) is 31.7 Å². The van der Waals surface area contributed by atoms with Crippen LogP contribution in [0.1, 0.15) is 53.9 Å². The monoisotopic (exact) mass is 282 g/mol. The van der Waals surface area contributed by atoms with Gasteiger partial charge in [0.2, 0.25) is 0 Å². The first-order chi connectivity index (χ1) is 9.51. The third-order valence-electron chi connectivity index (χ3n) is 5.35. The highest BCUT2D eigenvalue weighted by atomic mass is 16.5. The van der Waals surface area contributed by atoms with Gasteiger partial charge in [-0.3, -0.25) is 4.90 Å². The van der Waals surface area contributed by atoms with E-state index in [-0.39, 0.29) is 0 Å². The lowest BCUT2D eigenvalue weighted by Crippen LogP contribution is -2.61. The summed E-state index contributed by atoms with van der Waals surface area (Å²) in [5.41, 5.74) is 0. The molecule has 0 saturated carbocycles. The van der Waals surface area contributed by atoms with E-state index < -0.39 is 0 Å². The summed E-state index contributed by atoms with van der Waals surface area (Å²) in [5, 5.41) is 3.77. The van der Waals surface area contributed by atoms with Gasteiger partial charge < -0.3 is 10.1 Å². The van der Waals surface area contributed by atoms with Crippen LogP contribution in [0.3, 0.4) is 0 Å². The molecule has 0 aromatic rings. The number of piperazine rings is 1. The number of nitrogens with one attached hydrogen (secondary N) is 1. The topological polar surface area (TPSA) is 24.5 Å². The Morgan fingerprint density at radius 2 is 2.00 bits per heavy atom. The lowest BCUT2D eigenvalue weighted by Gasteiger charge is -2.45. The van der Waals surface area contributed by atoms with Gasteiger partial charge in [-0.05, 0) is 31.6 Å². The lowest BCUT2D eigenvalue weighted by molar-refractivity contribution is -0.00242. The average Bonchev–Trinajstić information content (AvgIpc) is 2.83. The van der Waals surface area contributed by atoms with Crippen molar-refractivity contribution >= 4 is 0 Å². The van der Waals surface area contributed by atoms with Crippen molar-refractivity contribution in [3.8, 4) is 0 Å². The van der Waals surface area contributed by atoms with Gasteiger partial charge in [-0.1, -0.05) is 34.1 Å². The Labute approximate surface area is 125 Å². The van der Waals surface area contributed by atoms with E-state index >= 15 is 0 Å². The maximum Gasteiger partial charge on any atom is 0.0706 e. The van der Waals surface area contributed by atoms with E-state index in [0.717, 1.165) is 19.0 Å². The molecule has 2 aliphatic rings. The van der Waals surface area contributed by atoms with Gasteiger partial charge in [-0.2, -0.15) is 0 Å². The predicted molar refractivity (Wildman–Crippen MR) is 85.0 cm³/mol. The maximum atomic E-state index is 6.06. The fourth-order valence-electron chi connectivity index (χ4n) is 3.62. The summed E-state index contributed by atoms with van der Waals surface area (Å²) in [7, 11) is 0. The Balaban J connectivity index is 1.97. The van der Waals surface area contributed by atoms with Crippen molar-refractivity contribution in [1.29, 1.82) is 0 Å². The molecular formula is C17H34N2O. The second-order valence-corrected chi connectivity index (χ2v) is 7.31. The largest absolute Gasteiger partial charge is 0.374 e. The van der Waals surface area contributed by atoms with Crippen LogP contribution in [-0.4, -0.2) is 48.8 Å². The van der Waals surface area contributed by atoms with E-state index in [2.05, 4.69) is 44.8 Å². The fourth-order valence-corrected chi connectivity index (χ4v) is 3.62. The second kappa shape index (κ2) is 7.24. The smallest absolute Gasteiger partial charge is 0.0706 e. The van der Waals surface area contributed by atoms with Crippen molar-refractivity contribution < 1.29 is 4.74 Å².